The summed E-state index contributed by atoms with van der Waals surface area (Å²) in [5.74, 6) is -6.54. The molecule has 0 saturated carbocycles. The van der Waals surface area contributed by atoms with Gasteiger partial charge in [-0.1, -0.05) is 0 Å². The third-order valence-corrected chi connectivity index (χ3v) is 8.68. The summed E-state index contributed by atoms with van der Waals surface area (Å²) < 4.78 is 89.2. The highest BCUT2D eigenvalue weighted by Crippen LogP contribution is 2.27. The second-order valence-corrected chi connectivity index (χ2v) is 12.9. The Kier molecular flexibility index (Phi) is 8.31. The molecular formula is C22H16N2O15S3. The second kappa shape index (κ2) is 11.1. The van der Waals surface area contributed by atoms with E-state index in [1.807, 2.05) is 0 Å². The lowest BCUT2D eigenvalue weighted by molar-refractivity contribution is 0.0676. The summed E-state index contributed by atoms with van der Waals surface area (Å²) in [6.07, 6.45) is 0. The van der Waals surface area contributed by atoms with E-state index in [1.54, 1.807) is 9.44 Å². The fraction of sp³-hybridized carbons (Fsp3) is 0. The topological polar surface area (TPSA) is 296 Å². The highest BCUT2D eigenvalue weighted by Gasteiger charge is 2.26. The first-order chi connectivity index (χ1) is 19.2. The zero-order chi connectivity index (χ0) is 31.8. The minimum Gasteiger partial charge on any atom is -0.478 e. The number of sulfonamides is 2. The van der Waals surface area contributed by atoms with Crippen LogP contribution in [0.2, 0.25) is 0 Å². The minimum atomic E-state index is -5.28. The largest absolute Gasteiger partial charge is 0.478 e. The molecule has 0 amide bonds. The molecule has 0 atom stereocenters. The van der Waals surface area contributed by atoms with Gasteiger partial charge in [0.2, 0.25) is 0 Å². The quantitative estimate of drug-likeness (QED) is 0.145. The maximum atomic E-state index is 13.1. The lowest BCUT2D eigenvalue weighted by Gasteiger charge is -2.14. The molecule has 0 aliphatic heterocycles. The number of aromatic carboxylic acids is 4. The van der Waals surface area contributed by atoms with E-state index in [0.717, 1.165) is 0 Å². The fourth-order valence-electron chi connectivity index (χ4n) is 3.30. The molecule has 0 unspecified atom stereocenters. The summed E-state index contributed by atoms with van der Waals surface area (Å²) in [5.41, 5.74) is -3.88. The first-order valence-corrected chi connectivity index (χ1v) is 15.0. The van der Waals surface area contributed by atoms with Crippen LogP contribution in [0.5, 0.6) is 0 Å². The molecule has 7 N–H and O–H groups in total. The molecule has 17 nitrogen and oxygen atoms in total. The van der Waals surface area contributed by atoms with Crippen LogP contribution in [0.1, 0.15) is 41.4 Å². The van der Waals surface area contributed by atoms with E-state index in [9.17, 15) is 69.4 Å². The van der Waals surface area contributed by atoms with E-state index in [-0.39, 0.29) is 0 Å². The van der Waals surface area contributed by atoms with Gasteiger partial charge in [-0.3, -0.25) is 14.0 Å². The smallest absolute Gasteiger partial charge is 0.335 e. The standard InChI is InChI=1S/C22H16N2O15S3/c25-19(26)10-1-11(20(27)28)4-14(3-10)23-40(33,34)16-7-17(9-18(8-16)42(37,38)39)41(35,36)24-15-5-12(21(29)30)2-13(6-15)22(31)32/h1-9,23-24H,(H,25,26)(H,27,28)(H,29,30)(H,31,32)(H,37,38,39). The number of nitrogens with one attached hydrogen (secondary N) is 2. The number of carbonyl (C=O) groups is 4. The zero-order valence-corrected chi connectivity index (χ0v) is 22.7. The minimum absolute atomic E-state index is 0.337. The molecule has 0 heterocycles. The summed E-state index contributed by atoms with van der Waals surface area (Å²) in [5, 5.41) is 36.8. The van der Waals surface area contributed by atoms with E-state index in [2.05, 4.69) is 0 Å². The van der Waals surface area contributed by atoms with E-state index in [0.29, 0.717) is 54.6 Å². The number of hydrogen-bond acceptors (Lipinski definition) is 10. The Hall–Kier alpha value is -5.05. The summed E-state index contributed by atoms with van der Waals surface area (Å²) in [6.45, 7) is 0. The predicted molar refractivity (Wildman–Crippen MR) is 139 cm³/mol. The lowest BCUT2D eigenvalue weighted by Crippen LogP contribution is -2.18. The molecule has 0 bridgehead atoms. The van der Waals surface area contributed by atoms with Gasteiger partial charge in [-0.15, -0.1) is 0 Å². The van der Waals surface area contributed by atoms with Crippen LogP contribution in [0, 0.1) is 0 Å². The highest BCUT2D eigenvalue weighted by atomic mass is 32.2. The molecule has 0 spiro atoms. The summed E-state index contributed by atoms with van der Waals surface area (Å²) in [6, 6.07) is 5.37. The van der Waals surface area contributed by atoms with Gasteiger partial charge < -0.3 is 20.4 Å². The SMILES string of the molecule is O=C(O)c1cc(NS(=O)(=O)c2cc(S(=O)(=O)O)cc(S(=O)(=O)Nc3cc(C(=O)O)cc(C(=O)O)c3)c2)cc(C(=O)O)c1. The van der Waals surface area contributed by atoms with E-state index in [1.165, 1.54) is 0 Å². The zero-order valence-electron chi connectivity index (χ0n) is 20.2. The normalized spacial score (nSPS) is 11.8. The summed E-state index contributed by atoms with van der Waals surface area (Å²) in [7, 11) is -15.3. The Balaban J connectivity index is 2.17. The third kappa shape index (κ3) is 7.17. The molecule has 0 aromatic heterocycles. The number of rotatable bonds is 11. The van der Waals surface area contributed by atoms with Gasteiger partial charge >= 0.3 is 23.9 Å². The fourth-order valence-corrected chi connectivity index (χ4v) is 6.30. The van der Waals surface area contributed by atoms with Crippen molar-refractivity contribution in [3.05, 3.63) is 76.9 Å². The molecule has 3 aromatic carbocycles. The van der Waals surface area contributed by atoms with Crippen LogP contribution in [-0.2, 0) is 30.2 Å². The Labute approximate surface area is 235 Å². The van der Waals surface area contributed by atoms with Crippen molar-refractivity contribution in [2.45, 2.75) is 14.7 Å². The van der Waals surface area contributed by atoms with Crippen molar-refractivity contribution in [2.24, 2.45) is 0 Å². The van der Waals surface area contributed by atoms with Crippen molar-refractivity contribution >= 4 is 65.4 Å². The predicted octanol–water partition coefficient (Wildman–Crippen LogP) is 1.33. The first kappa shape index (κ1) is 31.5. The average molecular weight is 645 g/mol. The number of hydrogen-bond donors (Lipinski definition) is 7. The van der Waals surface area contributed by atoms with Gasteiger partial charge in [0.15, 0.2) is 0 Å². The Morgan fingerprint density at radius 2 is 0.714 bits per heavy atom. The van der Waals surface area contributed by atoms with Crippen LogP contribution >= 0.6 is 0 Å². The summed E-state index contributed by atoms with van der Waals surface area (Å²) in [4.78, 5) is 41.9. The maximum Gasteiger partial charge on any atom is 0.335 e. The van der Waals surface area contributed by atoms with E-state index < -0.39 is 102 Å². The van der Waals surface area contributed by atoms with Crippen LogP contribution in [0.3, 0.4) is 0 Å². The van der Waals surface area contributed by atoms with Gasteiger partial charge in [0, 0.05) is 0 Å². The van der Waals surface area contributed by atoms with Gasteiger partial charge in [-0.2, -0.15) is 8.42 Å². The molecule has 0 fully saturated rings. The van der Waals surface area contributed by atoms with Crippen LogP contribution in [0.4, 0.5) is 11.4 Å². The molecule has 0 radical (unpaired) electrons. The number of benzene rings is 3. The van der Waals surface area contributed by atoms with Gasteiger partial charge in [0.1, 0.15) is 0 Å². The Bertz CT molecular complexity index is 1810. The molecule has 0 aliphatic rings. The van der Waals surface area contributed by atoms with Gasteiger partial charge in [-0.25, -0.2) is 36.0 Å². The molecular weight excluding hydrogens is 628 g/mol. The van der Waals surface area contributed by atoms with Gasteiger partial charge in [-0.05, 0) is 54.6 Å². The number of carboxylic acid groups (broad SMARTS) is 4. The molecule has 222 valence electrons. The molecule has 0 aliphatic carbocycles. The van der Waals surface area contributed by atoms with Crippen molar-refractivity contribution in [2.75, 3.05) is 9.44 Å². The highest BCUT2D eigenvalue weighted by molar-refractivity contribution is 7.93. The summed E-state index contributed by atoms with van der Waals surface area (Å²) >= 11 is 0. The van der Waals surface area contributed by atoms with Crippen LogP contribution in [0.15, 0.2) is 69.3 Å². The lowest BCUT2D eigenvalue weighted by atomic mass is 10.1. The van der Waals surface area contributed by atoms with Crippen molar-refractivity contribution in [3.63, 3.8) is 0 Å². The van der Waals surface area contributed by atoms with Gasteiger partial charge in [0.05, 0.1) is 48.3 Å². The van der Waals surface area contributed by atoms with Crippen LogP contribution in [0.25, 0.3) is 0 Å². The Morgan fingerprint density at radius 1 is 0.452 bits per heavy atom. The molecule has 3 rings (SSSR count). The van der Waals surface area contributed by atoms with Crippen molar-refractivity contribution in [3.8, 4) is 0 Å². The number of carboxylic acids is 4. The van der Waals surface area contributed by atoms with Gasteiger partial charge in [0.25, 0.3) is 30.2 Å². The average Bonchev–Trinajstić information content (AvgIpc) is 2.86. The molecule has 20 heteroatoms. The Morgan fingerprint density at radius 3 is 0.952 bits per heavy atom. The molecule has 3 aromatic rings. The molecule has 42 heavy (non-hydrogen) atoms. The van der Waals surface area contributed by atoms with Crippen molar-refractivity contribution < 1.29 is 69.4 Å². The van der Waals surface area contributed by atoms with Crippen molar-refractivity contribution in [1.82, 2.24) is 0 Å². The second-order valence-electron chi connectivity index (χ2n) is 8.14. The first-order valence-electron chi connectivity index (χ1n) is 10.6. The third-order valence-electron chi connectivity index (χ3n) is 5.13. The number of anilines is 2. The van der Waals surface area contributed by atoms with E-state index >= 15 is 0 Å². The van der Waals surface area contributed by atoms with Crippen LogP contribution in [-0.4, -0.2) is 74.1 Å². The van der Waals surface area contributed by atoms with Crippen LogP contribution < -0.4 is 9.44 Å². The van der Waals surface area contributed by atoms with Crippen molar-refractivity contribution in [1.29, 1.82) is 0 Å². The van der Waals surface area contributed by atoms with E-state index in [4.69, 9.17) is 0 Å². The molecule has 0 saturated heterocycles. The maximum absolute atomic E-state index is 13.1. The monoisotopic (exact) mass is 644 g/mol.